The smallest absolute Gasteiger partial charge is 0.244 e. The first-order valence-electron chi connectivity index (χ1n) is 18.6. The maximum absolute atomic E-state index is 14.1. The second-order valence-corrected chi connectivity index (χ2v) is 13.6. The zero-order chi connectivity index (χ0) is 40.0. The third kappa shape index (κ3) is 11.1. The largest absolute Gasteiger partial charge is 0.399 e. The van der Waals surface area contributed by atoms with Gasteiger partial charge in [0.1, 0.15) is 24.2 Å². The minimum Gasteiger partial charge on any atom is -0.399 e. The van der Waals surface area contributed by atoms with Crippen LogP contribution in [0.25, 0.3) is 27.9 Å². The van der Waals surface area contributed by atoms with Gasteiger partial charge in [-0.15, -0.1) is 0 Å². The number of aromatic amines is 2. The number of aromatic nitrogens is 2. The predicted octanol–water partition coefficient (Wildman–Crippen LogP) is 1.63. The molecule has 14 N–H and O–H groups in total. The fourth-order valence-electron chi connectivity index (χ4n) is 6.47. The fraction of sp³-hybridized carbons (Fsp3) is 0.293. The Morgan fingerprint density at radius 3 is 1.61 bits per heavy atom. The Morgan fingerprint density at radius 2 is 1.07 bits per heavy atom. The number of nitrogens with two attached hydrogens (primary N) is 4. The molecule has 5 amide bonds. The van der Waals surface area contributed by atoms with Gasteiger partial charge in [0.05, 0.1) is 0 Å². The number of fused-ring (bicyclic) bond motifs is 2. The molecule has 3 aromatic carbocycles. The van der Waals surface area contributed by atoms with Gasteiger partial charge >= 0.3 is 0 Å². The maximum atomic E-state index is 14.1. The molecule has 0 unspecified atom stereocenters. The van der Waals surface area contributed by atoms with Gasteiger partial charge in [0.25, 0.3) is 0 Å². The number of nitrogen functional groups attached to an aromatic ring is 1. The summed E-state index contributed by atoms with van der Waals surface area (Å²) in [6, 6.07) is 17.6. The lowest BCUT2D eigenvalue weighted by Gasteiger charge is -2.26. The monoisotopic (exact) mass is 762 g/mol. The molecule has 0 saturated carbocycles. The SMILES string of the molecule is NCCC[C@H](NC(=O)/C=C/c1ccc(N)cc1)C(=O)N[C@@H](CCCN)C(=O)N[C@@H](Cc1c[nH]c2ccccc12)C(=O)N[C@@H](Cc1c[nH]c2ccccc12)C(N)=O. The zero-order valence-corrected chi connectivity index (χ0v) is 31.1. The average Bonchev–Trinajstić information content (AvgIpc) is 3.80. The second-order valence-electron chi connectivity index (χ2n) is 13.6. The van der Waals surface area contributed by atoms with E-state index in [1.807, 2.05) is 48.5 Å². The predicted molar refractivity (Wildman–Crippen MR) is 217 cm³/mol. The van der Waals surface area contributed by atoms with Gasteiger partial charge in [-0.2, -0.15) is 0 Å². The van der Waals surface area contributed by atoms with Gasteiger partial charge in [-0.05, 0) is 85.8 Å². The molecule has 15 heteroatoms. The Bertz CT molecular complexity index is 2160. The molecule has 4 atom stereocenters. The van der Waals surface area contributed by atoms with E-state index in [9.17, 15) is 24.0 Å². The van der Waals surface area contributed by atoms with E-state index in [1.54, 1.807) is 42.7 Å². The number of amides is 5. The number of nitrogens with one attached hydrogen (secondary N) is 6. The van der Waals surface area contributed by atoms with Gasteiger partial charge < -0.3 is 54.2 Å². The van der Waals surface area contributed by atoms with E-state index in [1.165, 1.54) is 6.08 Å². The first-order valence-corrected chi connectivity index (χ1v) is 18.6. The van der Waals surface area contributed by atoms with Crippen molar-refractivity contribution < 1.29 is 24.0 Å². The Hall–Kier alpha value is -6.45. The average molecular weight is 763 g/mol. The van der Waals surface area contributed by atoms with Gasteiger partial charge in [0, 0.05) is 58.8 Å². The lowest BCUT2D eigenvalue weighted by atomic mass is 10.0. The second kappa shape index (κ2) is 19.8. The molecule has 0 bridgehead atoms. The standard InChI is InChI=1S/C41H50N10O5/c42-19-5-11-33(48-37(52)18-15-25-13-16-28(44)17-14-25)39(54)49-34(12-6-20-43)40(55)51-36(22-27-24-47-32-10-4-2-8-30(27)32)41(56)50-35(38(45)53)21-26-23-46-31-9-3-1-7-29(26)31/h1-4,7-10,13-18,23-24,33-36,46-47H,5-6,11-12,19-22,42-44H2,(H2,45,53)(H,48,52)(H,49,54)(H,50,56)(H,51,55)/b18-15+/t33-,34-,35-,36-/m0/s1. The van der Waals surface area contributed by atoms with Crippen LogP contribution in [0.15, 0.2) is 91.3 Å². The van der Waals surface area contributed by atoms with Crippen molar-refractivity contribution in [1.29, 1.82) is 0 Å². The lowest BCUT2D eigenvalue weighted by molar-refractivity contribution is -0.134. The number of anilines is 1. The van der Waals surface area contributed by atoms with Crippen LogP contribution in [0.4, 0.5) is 5.69 Å². The topological polar surface area (TPSA) is 269 Å². The number of rotatable bonds is 20. The number of para-hydroxylation sites is 2. The number of carbonyl (C=O) groups excluding carboxylic acids is 5. The minimum atomic E-state index is -1.19. The van der Waals surface area contributed by atoms with E-state index < -0.39 is 53.7 Å². The number of H-pyrrole nitrogens is 2. The molecule has 294 valence electrons. The quantitative estimate of drug-likeness (QED) is 0.0410. The summed E-state index contributed by atoms with van der Waals surface area (Å²) in [5.41, 5.74) is 27.7. The van der Waals surface area contributed by atoms with Crippen molar-refractivity contribution in [3.63, 3.8) is 0 Å². The van der Waals surface area contributed by atoms with Crippen LogP contribution in [0, 0.1) is 0 Å². The van der Waals surface area contributed by atoms with Gasteiger partial charge in [0.2, 0.25) is 29.5 Å². The molecule has 0 aliphatic heterocycles. The van der Waals surface area contributed by atoms with Crippen molar-refractivity contribution in [3.05, 3.63) is 108 Å². The molecule has 5 rings (SSSR count). The number of carbonyl (C=O) groups is 5. The highest BCUT2D eigenvalue weighted by Gasteiger charge is 2.31. The van der Waals surface area contributed by atoms with Crippen LogP contribution >= 0.6 is 0 Å². The van der Waals surface area contributed by atoms with Crippen molar-refractivity contribution in [3.8, 4) is 0 Å². The first kappa shape index (κ1) is 40.7. The van der Waals surface area contributed by atoms with Crippen LogP contribution in [-0.4, -0.2) is 76.8 Å². The molecule has 0 aliphatic carbocycles. The summed E-state index contributed by atoms with van der Waals surface area (Å²) in [5, 5.41) is 12.8. The highest BCUT2D eigenvalue weighted by atomic mass is 16.2. The number of hydrogen-bond donors (Lipinski definition) is 10. The molecular formula is C41H50N10O5. The Kier molecular flexibility index (Phi) is 14.4. The van der Waals surface area contributed by atoms with Gasteiger partial charge in [-0.3, -0.25) is 24.0 Å². The van der Waals surface area contributed by atoms with Crippen LogP contribution in [0.5, 0.6) is 0 Å². The van der Waals surface area contributed by atoms with E-state index >= 15 is 0 Å². The molecule has 56 heavy (non-hydrogen) atoms. The molecule has 0 spiro atoms. The minimum absolute atomic E-state index is 0.0488. The molecule has 0 radical (unpaired) electrons. The molecule has 5 aromatic rings. The third-order valence-electron chi connectivity index (χ3n) is 9.51. The van der Waals surface area contributed by atoms with E-state index in [0.29, 0.717) is 18.5 Å². The summed E-state index contributed by atoms with van der Waals surface area (Å²) in [6.07, 6.45) is 7.73. The molecule has 2 heterocycles. The molecule has 0 fully saturated rings. The van der Waals surface area contributed by atoms with Crippen molar-refractivity contribution >= 4 is 63.1 Å². The summed E-state index contributed by atoms with van der Waals surface area (Å²) in [4.78, 5) is 73.9. The van der Waals surface area contributed by atoms with E-state index in [4.69, 9.17) is 22.9 Å². The number of hydrogen-bond acceptors (Lipinski definition) is 8. The number of benzene rings is 3. The molecule has 0 aliphatic rings. The molecule has 15 nitrogen and oxygen atoms in total. The van der Waals surface area contributed by atoms with Crippen molar-refractivity contribution in [2.75, 3.05) is 18.8 Å². The van der Waals surface area contributed by atoms with Crippen molar-refractivity contribution in [2.45, 2.75) is 62.7 Å². The van der Waals surface area contributed by atoms with Crippen LogP contribution < -0.4 is 44.2 Å². The third-order valence-corrected chi connectivity index (χ3v) is 9.51. The zero-order valence-electron chi connectivity index (χ0n) is 31.1. The summed E-state index contributed by atoms with van der Waals surface area (Å²) in [5.74, 6) is -3.16. The molecule has 0 saturated heterocycles. The first-order chi connectivity index (χ1) is 27.1. The fourth-order valence-corrected chi connectivity index (χ4v) is 6.47. The molecule has 2 aromatic heterocycles. The Labute approximate surface area is 324 Å². The highest BCUT2D eigenvalue weighted by Crippen LogP contribution is 2.21. The lowest BCUT2D eigenvalue weighted by Crippen LogP contribution is -2.58. The maximum Gasteiger partial charge on any atom is 0.244 e. The Balaban J connectivity index is 1.34. The Morgan fingerprint density at radius 1 is 0.607 bits per heavy atom. The summed E-state index contributed by atoms with van der Waals surface area (Å²) in [7, 11) is 0. The number of primary amides is 1. The van der Waals surface area contributed by atoms with Crippen LogP contribution in [-0.2, 0) is 36.8 Å². The van der Waals surface area contributed by atoms with Gasteiger partial charge in [-0.25, -0.2) is 0 Å². The van der Waals surface area contributed by atoms with Gasteiger partial charge in [-0.1, -0.05) is 48.5 Å². The summed E-state index contributed by atoms with van der Waals surface area (Å²) in [6.45, 7) is 0.506. The highest BCUT2D eigenvalue weighted by molar-refractivity contribution is 5.98. The van der Waals surface area contributed by atoms with Crippen molar-refractivity contribution in [2.24, 2.45) is 17.2 Å². The van der Waals surface area contributed by atoms with Crippen LogP contribution in [0.1, 0.15) is 42.4 Å². The van der Waals surface area contributed by atoms with Gasteiger partial charge in [0.15, 0.2) is 0 Å². The normalized spacial score (nSPS) is 13.5. The van der Waals surface area contributed by atoms with E-state index in [-0.39, 0.29) is 38.8 Å². The van der Waals surface area contributed by atoms with E-state index in [2.05, 4.69) is 31.2 Å². The van der Waals surface area contributed by atoms with Crippen LogP contribution in [0.3, 0.4) is 0 Å². The van der Waals surface area contributed by atoms with E-state index in [0.717, 1.165) is 38.5 Å². The summed E-state index contributed by atoms with van der Waals surface area (Å²) < 4.78 is 0. The van der Waals surface area contributed by atoms with Crippen molar-refractivity contribution in [1.82, 2.24) is 31.2 Å². The summed E-state index contributed by atoms with van der Waals surface area (Å²) >= 11 is 0. The molecular weight excluding hydrogens is 713 g/mol. The van der Waals surface area contributed by atoms with Crippen LogP contribution in [0.2, 0.25) is 0 Å².